The zero-order chi connectivity index (χ0) is 25.6. The minimum atomic E-state index is -1.13. The van der Waals surface area contributed by atoms with Gasteiger partial charge in [-0.2, -0.15) is 0 Å². The monoisotopic (exact) mass is 511 g/mol. The number of fused-ring (bicyclic) bond motifs is 1. The van der Waals surface area contributed by atoms with Crippen molar-refractivity contribution in [2.45, 2.75) is 18.9 Å². The minimum Gasteiger partial charge on any atom is -0.383 e. The number of amides is 1. The van der Waals surface area contributed by atoms with Crippen LogP contribution < -0.4 is 16.0 Å². The van der Waals surface area contributed by atoms with Crippen LogP contribution in [0.15, 0.2) is 42.6 Å². The predicted octanol–water partition coefficient (Wildman–Crippen LogP) is 3.37. The largest absolute Gasteiger partial charge is 0.383 e. The lowest BCUT2D eigenvalue weighted by molar-refractivity contribution is 0.0946. The molecule has 1 unspecified atom stereocenters. The van der Waals surface area contributed by atoms with Crippen molar-refractivity contribution in [1.29, 1.82) is 0 Å². The molecule has 188 valence electrons. The van der Waals surface area contributed by atoms with Crippen LogP contribution in [0.1, 0.15) is 22.3 Å². The van der Waals surface area contributed by atoms with Gasteiger partial charge in [0.2, 0.25) is 0 Å². The van der Waals surface area contributed by atoms with E-state index in [9.17, 15) is 9.00 Å². The quantitative estimate of drug-likeness (QED) is 0.548. The van der Waals surface area contributed by atoms with Gasteiger partial charge in [0.25, 0.3) is 5.91 Å². The molecule has 3 N–H and O–H groups in total. The van der Waals surface area contributed by atoms with Crippen LogP contribution in [0.2, 0.25) is 0 Å². The smallest absolute Gasteiger partial charge is 0.251 e. The van der Waals surface area contributed by atoms with Crippen LogP contribution in [0, 0.1) is 11.6 Å². The van der Waals surface area contributed by atoms with Crippen molar-refractivity contribution in [3.8, 4) is 22.3 Å². The van der Waals surface area contributed by atoms with Gasteiger partial charge >= 0.3 is 0 Å². The maximum atomic E-state index is 15.3. The molecular weight excluding hydrogens is 484 g/mol. The number of nitrogen functional groups attached to an aromatic ring is 1. The fraction of sp³-hybridized carbons (Fsp3) is 0.308. The van der Waals surface area contributed by atoms with E-state index in [0.717, 1.165) is 11.1 Å². The molecule has 2 aliphatic heterocycles. The van der Waals surface area contributed by atoms with Gasteiger partial charge in [0.1, 0.15) is 5.82 Å². The Morgan fingerprint density at radius 3 is 2.67 bits per heavy atom. The number of carbonyl (C=O) groups excluding carboxylic acids is 1. The van der Waals surface area contributed by atoms with Gasteiger partial charge in [-0.1, -0.05) is 12.1 Å². The van der Waals surface area contributed by atoms with Gasteiger partial charge in [0.15, 0.2) is 11.6 Å². The van der Waals surface area contributed by atoms with Gasteiger partial charge in [0.05, 0.1) is 16.7 Å². The zero-order valence-electron chi connectivity index (χ0n) is 20.1. The van der Waals surface area contributed by atoms with Crippen molar-refractivity contribution >= 4 is 28.4 Å². The first-order valence-electron chi connectivity index (χ1n) is 11.7. The van der Waals surface area contributed by atoms with E-state index in [-0.39, 0.29) is 29.0 Å². The van der Waals surface area contributed by atoms with E-state index >= 15 is 8.78 Å². The third kappa shape index (κ3) is 4.35. The molecule has 2 aromatic carbocycles. The lowest BCUT2D eigenvalue weighted by Crippen LogP contribution is -2.35. The number of pyridine rings is 1. The first-order valence-corrected chi connectivity index (χ1v) is 13.2. The summed E-state index contributed by atoms with van der Waals surface area (Å²) < 4.78 is 44.1. The maximum Gasteiger partial charge on any atom is 0.251 e. The topological polar surface area (TPSA) is 91.6 Å². The molecule has 1 amide bonds. The average Bonchev–Trinajstić information content (AvgIpc) is 3.35. The van der Waals surface area contributed by atoms with Crippen molar-refractivity contribution in [3.05, 3.63) is 65.4 Å². The Bertz CT molecular complexity index is 1380. The highest BCUT2D eigenvalue weighted by Gasteiger charge is 2.30. The Hall–Kier alpha value is -3.37. The van der Waals surface area contributed by atoms with E-state index in [0.29, 0.717) is 49.2 Å². The van der Waals surface area contributed by atoms with Crippen molar-refractivity contribution in [2.75, 3.05) is 43.6 Å². The molecule has 10 heteroatoms. The third-order valence-corrected chi connectivity index (χ3v) is 8.17. The van der Waals surface area contributed by atoms with Gasteiger partial charge in [-0.15, -0.1) is 0 Å². The molecule has 0 radical (unpaired) electrons. The Morgan fingerprint density at radius 2 is 1.89 bits per heavy atom. The third-order valence-electron chi connectivity index (χ3n) is 7.06. The number of likely N-dealkylation sites (N-methyl/N-ethyl adjacent to an activating group) is 1. The highest BCUT2D eigenvalue weighted by molar-refractivity contribution is 7.81. The van der Waals surface area contributed by atoms with Crippen LogP contribution in [0.5, 0.6) is 0 Å². The van der Waals surface area contributed by atoms with E-state index < -0.39 is 22.6 Å². The number of halogens is 2. The summed E-state index contributed by atoms with van der Waals surface area (Å²) in [5.74, 6) is -1.73. The Kier molecular flexibility index (Phi) is 6.48. The molecule has 2 aliphatic rings. The molecule has 3 aromatic rings. The number of rotatable bonds is 5. The SMILES string of the molecule is CN([C@@H]1CCN(c2ccc(-c3cnc(N)c(-c4ccc5c(c4)CCNC5=O)c3)c(F)c2F)C1)S(C)=O. The number of hydrogen-bond acceptors (Lipinski definition) is 5. The Labute approximate surface area is 210 Å². The highest BCUT2D eigenvalue weighted by Crippen LogP contribution is 2.36. The second-order valence-electron chi connectivity index (χ2n) is 9.15. The van der Waals surface area contributed by atoms with E-state index in [4.69, 9.17) is 5.73 Å². The number of hydrogen-bond donors (Lipinski definition) is 2. The van der Waals surface area contributed by atoms with Crippen LogP contribution >= 0.6 is 0 Å². The van der Waals surface area contributed by atoms with E-state index in [1.807, 2.05) is 6.07 Å². The fourth-order valence-corrected chi connectivity index (χ4v) is 5.52. The van der Waals surface area contributed by atoms with Crippen molar-refractivity contribution in [2.24, 2.45) is 0 Å². The van der Waals surface area contributed by atoms with Crippen molar-refractivity contribution in [3.63, 3.8) is 0 Å². The van der Waals surface area contributed by atoms with Gasteiger partial charge < -0.3 is 16.0 Å². The zero-order valence-corrected chi connectivity index (χ0v) is 20.9. The number of nitrogens with zero attached hydrogens (tertiary/aromatic N) is 3. The number of benzene rings is 2. The van der Waals surface area contributed by atoms with Crippen LogP contribution in [-0.4, -0.2) is 58.4 Å². The second-order valence-corrected chi connectivity index (χ2v) is 10.6. The molecule has 1 saturated heterocycles. The summed E-state index contributed by atoms with van der Waals surface area (Å²) in [6.45, 7) is 1.58. The molecule has 1 fully saturated rings. The highest BCUT2D eigenvalue weighted by atomic mass is 32.2. The van der Waals surface area contributed by atoms with Crippen LogP contribution in [0.3, 0.4) is 0 Å². The first-order chi connectivity index (χ1) is 17.2. The molecule has 7 nitrogen and oxygen atoms in total. The molecule has 36 heavy (non-hydrogen) atoms. The van der Waals surface area contributed by atoms with Gasteiger partial charge in [-0.25, -0.2) is 22.3 Å². The Balaban J connectivity index is 1.46. The molecule has 2 atom stereocenters. The molecule has 0 bridgehead atoms. The molecular formula is C26H27F2N5O2S. The average molecular weight is 512 g/mol. The van der Waals surface area contributed by atoms with Crippen molar-refractivity contribution < 1.29 is 17.8 Å². The van der Waals surface area contributed by atoms with E-state index in [2.05, 4.69) is 10.3 Å². The van der Waals surface area contributed by atoms with E-state index in [1.165, 1.54) is 6.20 Å². The summed E-state index contributed by atoms with van der Waals surface area (Å²) in [4.78, 5) is 18.1. The summed E-state index contributed by atoms with van der Waals surface area (Å²) in [7, 11) is 0.640. The molecule has 0 saturated carbocycles. The van der Waals surface area contributed by atoms with Crippen LogP contribution in [-0.2, 0) is 17.4 Å². The fourth-order valence-electron chi connectivity index (χ4n) is 4.92. The molecule has 0 spiro atoms. The molecule has 0 aliphatic carbocycles. The standard InChI is InChI=1S/C26H27F2N5O2S/c1-32(36(2)35)18-8-10-33(14-18)22-6-5-19(23(27)24(22)28)17-12-21(25(29)31-13-17)15-3-4-20-16(11-15)7-9-30-26(20)34/h3-6,11-13,18H,7-10,14H2,1-2H3,(H2,29,31)(H,30,34)/t18-,36?/m1/s1. The first kappa shape index (κ1) is 24.3. The summed E-state index contributed by atoms with van der Waals surface area (Å²) in [6, 6.07) is 10.3. The summed E-state index contributed by atoms with van der Waals surface area (Å²) in [5.41, 5.74) is 9.69. The number of nitrogens with one attached hydrogen (secondary N) is 1. The second kappa shape index (κ2) is 9.59. The number of aromatic nitrogens is 1. The van der Waals surface area contributed by atoms with E-state index in [1.54, 1.807) is 52.8 Å². The molecule has 5 rings (SSSR count). The summed E-state index contributed by atoms with van der Waals surface area (Å²) in [5, 5.41) is 2.82. The van der Waals surface area contributed by atoms with Crippen LogP contribution in [0.25, 0.3) is 22.3 Å². The summed E-state index contributed by atoms with van der Waals surface area (Å²) in [6.07, 6.45) is 4.45. The Morgan fingerprint density at radius 1 is 1.11 bits per heavy atom. The predicted molar refractivity (Wildman–Crippen MR) is 138 cm³/mol. The molecule has 1 aromatic heterocycles. The van der Waals surface area contributed by atoms with Crippen molar-refractivity contribution in [1.82, 2.24) is 14.6 Å². The van der Waals surface area contributed by atoms with Crippen LogP contribution in [0.4, 0.5) is 20.3 Å². The minimum absolute atomic E-state index is 0.00419. The number of carbonyl (C=O) groups is 1. The lowest BCUT2D eigenvalue weighted by atomic mass is 9.94. The van der Waals surface area contributed by atoms with Gasteiger partial charge in [0, 0.05) is 67.4 Å². The lowest BCUT2D eigenvalue weighted by Gasteiger charge is -2.23. The van der Waals surface area contributed by atoms with Gasteiger partial charge in [-0.05, 0) is 48.2 Å². The van der Waals surface area contributed by atoms with Gasteiger partial charge in [-0.3, -0.25) is 4.79 Å². The number of anilines is 2. The normalized spacial score (nSPS) is 18.3. The summed E-state index contributed by atoms with van der Waals surface area (Å²) >= 11 is 0. The maximum absolute atomic E-state index is 15.3. The number of nitrogens with two attached hydrogens (primary N) is 1. The molecule has 3 heterocycles.